The molecule has 0 saturated carbocycles. The number of rotatable bonds is 9. The predicted molar refractivity (Wildman–Crippen MR) is 153 cm³/mol. The molecule has 1 aromatic carbocycles. The Morgan fingerprint density at radius 3 is 2.67 bits per heavy atom. The zero-order valence-electron chi connectivity index (χ0n) is 23.4. The highest BCUT2D eigenvalue weighted by Crippen LogP contribution is 2.38. The van der Waals surface area contributed by atoms with Crippen LogP contribution in [0.2, 0.25) is 5.02 Å². The smallest absolute Gasteiger partial charge is 0.251 e. The van der Waals surface area contributed by atoms with Crippen LogP contribution < -0.4 is 10.6 Å². The van der Waals surface area contributed by atoms with Gasteiger partial charge in [-0.15, -0.1) is 0 Å². The Labute approximate surface area is 236 Å². The van der Waals surface area contributed by atoms with E-state index in [1.54, 1.807) is 12.1 Å². The van der Waals surface area contributed by atoms with Crippen LogP contribution in [-0.4, -0.2) is 70.1 Å². The highest BCUT2D eigenvalue weighted by Gasteiger charge is 2.52. The summed E-state index contributed by atoms with van der Waals surface area (Å²) in [6, 6.07) is 10.2. The molecule has 2 aromatic rings. The molecule has 1 aromatic heterocycles. The molecule has 3 fully saturated rings. The number of anilines is 1. The molecule has 4 atom stereocenters. The van der Waals surface area contributed by atoms with Gasteiger partial charge in [0.1, 0.15) is 11.9 Å². The van der Waals surface area contributed by atoms with Gasteiger partial charge in [-0.2, -0.15) is 0 Å². The SMILES string of the molecule is CCC(C)NC(=O)c1cc(C)nc(NC2OC2C2CCC(=O)N2C2CCN(Cc3ccc(Cl)c(C)c3)CC2)c1. The lowest BCUT2D eigenvalue weighted by Gasteiger charge is -2.39. The van der Waals surface area contributed by atoms with Gasteiger partial charge < -0.3 is 20.3 Å². The van der Waals surface area contributed by atoms with E-state index in [9.17, 15) is 9.59 Å². The first-order valence-electron chi connectivity index (χ1n) is 14.2. The fourth-order valence-corrected chi connectivity index (χ4v) is 6.02. The minimum atomic E-state index is -0.212. The number of nitrogens with one attached hydrogen (secondary N) is 2. The maximum atomic E-state index is 13.0. The topological polar surface area (TPSA) is 90.1 Å². The van der Waals surface area contributed by atoms with Crippen molar-refractivity contribution in [3.63, 3.8) is 0 Å². The molecule has 0 bridgehead atoms. The number of halogens is 1. The molecule has 9 heteroatoms. The summed E-state index contributed by atoms with van der Waals surface area (Å²) < 4.78 is 6.05. The van der Waals surface area contributed by atoms with Gasteiger partial charge in [0.05, 0.1) is 6.04 Å². The van der Waals surface area contributed by atoms with E-state index in [0.29, 0.717) is 17.8 Å². The normalized spacial score (nSPS) is 24.6. The maximum absolute atomic E-state index is 13.0. The van der Waals surface area contributed by atoms with Gasteiger partial charge in [0, 0.05) is 54.4 Å². The van der Waals surface area contributed by atoms with Crippen LogP contribution in [0.5, 0.6) is 0 Å². The number of hydrogen-bond donors (Lipinski definition) is 2. The summed E-state index contributed by atoms with van der Waals surface area (Å²) in [4.78, 5) is 34.8. The first-order chi connectivity index (χ1) is 18.7. The van der Waals surface area contributed by atoms with Crippen LogP contribution in [0.25, 0.3) is 0 Å². The van der Waals surface area contributed by atoms with Crippen molar-refractivity contribution in [1.29, 1.82) is 0 Å². The van der Waals surface area contributed by atoms with E-state index in [-0.39, 0.29) is 42.3 Å². The maximum Gasteiger partial charge on any atom is 0.251 e. The number of carbonyl (C=O) groups is 2. The van der Waals surface area contributed by atoms with E-state index in [0.717, 1.165) is 61.6 Å². The number of amides is 2. The summed E-state index contributed by atoms with van der Waals surface area (Å²) in [5, 5.41) is 7.17. The molecule has 210 valence electrons. The number of aryl methyl sites for hydroxylation is 2. The molecule has 8 nitrogen and oxygen atoms in total. The number of piperidine rings is 1. The fourth-order valence-electron chi connectivity index (χ4n) is 5.90. The third-order valence-electron chi connectivity index (χ3n) is 8.28. The quantitative estimate of drug-likeness (QED) is 0.439. The molecule has 0 spiro atoms. The molecule has 39 heavy (non-hydrogen) atoms. The van der Waals surface area contributed by atoms with E-state index in [2.05, 4.69) is 37.6 Å². The lowest BCUT2D eigenvalue weighted by atomic mass is 10.00. The van der Waals surface area contributed by atoms with Gasteiger partial charge in [-0.25, -0.2) is 4.98 Å². The first kappa shape index (κ1) is 27.9. The van der Waals surface area contributed by atoms with Crippen LogP contribution in [0.3, 0.4) is 0 Å². The summed E-state index contributed by atoms with van der Waals surface area (Å²) in [5.41, 5.74) is 3.73. The van der Waals surface area contributed by atoms with Gasteiger partial charge in [0.25, 0.3) is 5.91 Å². The summed E-state index contributed by atoms with van der Waals surface area (Å²) in [5.74, 6) is 0.758. The number of benzene rings is 1. The monoisotopic (exact) mass is 553 g/mol. The Hall–Kier alpha value is -2.68. The van der Waals surface area contributed by atoms with Gasteiger partial charge >= 0.3 is 0 Å². The van der Waals surface area contributed by atoms with Gasteiger partial charge in [-0.1, -0.05) is 30.7 Å². The Balaban J connectivity index is 1.17. The van der Waals surface area contributed by atoms with E-state index < -0.39 is 0 Å². The average molecular weight is 554 g/mol. The number of hydrogen-bond acceptors (Lipinski definition) is 6. The Bertz CT molecular complexity index is 1220. The lowest BCUT2D eigenvalue weighted by Crippen LogP contribution is -2.50. The molecule has 4 unspecified atom stereocenters. The minimum absolute atomic E-state index is 0.0637. The largest absolute Gasteiger partial charge is 0.350 e. The number of ether oxygens (including phenoxy) is 1. The molecule has 0 aliphatic carbocycles. The number of likely N-dealkylation sites (tertiary alicyclic amines) is 2. The summed E-state index contributed by atoms with van der Waals surface area (Å²) >= 11 is 6.19. The molecule has 5 rings (SSSR count). The summed E-state index contributed by atoms with van der Waals surface area (Å²) in [7, 11) is 0. The number of epoxide rings is 1. The van der Waals surface area contributed by atoms with Crippen molar-refractivity contribution in [2.45, 2.75) is 96.8 Å². The Morgan fingerprint density at radius 2 is 1.95 bits per heavy atom. The Kier molecular flexibility index (Phi) is 8.45. The Morgan fingerprint density at radius 1 is 1.18 bits per heavy atom. The van der Waals surface area contributed by atoms with Crippen molar-refractivity contribution >= 4 is 29.2 Å². The van der Waals surface area contributed by atoms with Crippen LogP contribution in [0, 0.1) is 13.8 Å². The second-order valence-electron chi connectivity index (χ2n) is 11.3. The van der Waals surface area contributed by atoms with Crippen LogP contribution in [0.1, 0.15) is 73.1 Å². The third-order valence-corrected chi connectivity index (χ3v) is 8.70. The number of pyridine rings is 1. The molecule has 2 amide bonds. The van der Waals surface area contributed by atoms with Crippen LogP contribution >= 0.6 is 11.6 Å². The van der Waals surface area contributed by atoms with Crippen molar-refractivity contribution in [2.24, 2.45) is 0 Å². The first-order valence-corrected chi connectivity index (χ1v) is 14.6. The third kappa shape index (κ3) is 6.56. The predicted octanol–water partition coefficient (Wildman–Crippen LogP) is 4.67. The second kappa shape index (κ2) is 11.8. The second-order valence-corrected chi connectivity index (χ2v) is 11.7. The zero-order valence-corrected chi connectivity index (χ0v) is 24.1. The van der Waals surface area contributed by atoms with E-state index in [1.165, 1.54) is 5.56 Å². The van der Waals surface area contributed by atoms with Crippen molar-refractivity contribution in [1.82, 2.24) is 20.1 Å². The van der Waals surface area contributed by atoms with Crippen molar-refractivity contribution in [3.8, 4) is 0 Å². The van der Waals surface area contributed by atoms with Crippen molar-refractivity contribution in [2.75, 3.05) is 18.4 Å². The van der Waals surface area contributed by atoms with Crippen LogP contribution in [0.15, 0.2) is 30.3 Å². The molecular weight excluding hydrogens is 514 g/mol. The highest BCUT2D eigenvalue weighted by molar-refractivity contribution is 6.31. The molecule has 3 saturated heterocycles. The van der Waals surface area contributed by atoms with Crippen molar-refractivity contribution in [3.05, 3.63) is 57.7 Å². The van der Waals surface area contributed by atoms with Crippen molar-refractivity contribution < 1.29 is 14.3 Å². The van der Waals surface area contributed by atoms with Gasteiger partial charge in [0.2, 0.25) is 5.91 Å². The van der Waals surface area contributed by atoms with Gasteiger partial charge in [0.15, 0.2) is 6.23 Å². The van der Waals surface area contributed by atoms with E-state index in [1.807, 2.05) is 33.8 Å². The molecule has 3 aliphatic rings. The number of carbonyl (C=O) groups excluding carboxylic acids is 2. The van der Waals surface area contributed by atoms with Gasteiger partial charge in [-0.05, 0) is 75.8 Å². The van der Waals surface area contributed by atoms with Crippen LogP contribution in [0.4, 0.5) is 5.82 Å². The standard InChI is InChI=1S/C30H40ClN5O3/c1-5-19(3)33-29(38)22-15-20(4)32-26(16-22)34-30-28(39-30)25-8-9-27(37)36(25)23-10-12-35(13-11-23)17-21-6-7-24(31)18(2)14-21/h6-7,14-16,19,23,25,28,30H,5,8-13,17H2,1-4H3,(H,32,34)(H,33,38). The molecule has 4 heterocycles. The molecular formula is C30H40ClN5O3. The van der Waals surface area contributed by atoms with E-state index in [4.69, 9.17) is 16.3 Å². The fraction of sp³-hybridized carbons (Fsp3) is 0.567. The lowest BCUT2D eigenvalue weighted by molar-refractivity contribution is -0.132. The zero-order chi connectivity index (χ0) is 27.7. The average Bonchev–Trinajstić information content (AvgIpc) is 3.56. The minimum Gasteiger partial charge on any atom is -0.350 e. The van der Waals surface area contributed by atoms with E-state index >= 15 is 0 Å². The number of aromatic nitrogens is 1. The summed E-state index contributed by atoms with van der Waals surface area (Å²) in [6.07, 6.45) is 3.92. The molecule has 3 aliphatic heterocycles. The molecule has 2 N–H and O–H groups in total. The van der Waals surface area contributed by atoms with Gasteiger partial charge in [-0.3, -0.25) is 14.5 Å². The highest BCUT2D eigenvalue weighted by atomic mass is 35.5. The van der Waals surface area contributed by atoms with Crippen LogP contribution in [-0.2, 0) is 16.1 Å². The summed E-state index contributed by atoms with van der Waals surface area (Å²) in [6.45, 7) is 10.8. The molecule has 0 radical (unpaired) electrons. The number of nitrogens with zero attached hydrogens (tertiary/aromatic N) is 3.